The van der Waals surface area contributed by atoms with Crippen molar-refractivity contribution in [2.45, 2.75) is 11.1 Å². The molecule has 0 nitrogen and oxygen atoms in total. The molecule has 0 spiro atoms. The molecule has 0 fully saturated rings. The number of rotatable bonds is 1. The second-order valence-corrected chi connectivity index (χ2v) is 4.38. The van der Waals surface area contributed by atoms with Gasteiger partial charge >= 0.3 is 55.8 Å². The van der Waals surface area contributed by atoms with Crippen molar-refractivity contribution in [3.8, 4) is 0 Å². The molecule has 0 bridgehead atoms. The van der Waals surface area contributed by atoms with Gasteiger partial charge in [0, 0.05) is 0 Å². The summed E-state index contributed by atoms with van der Waals surface area (Å²) >= 11 is -0.0408. The molecule has 1 aliphatic rings. The van der Waals surface area contributed by atoms with Crippen molar-refractivity contribution in [2.75, 3.05) is 0 Å². The van der Waals surface area contributed by atoms with Gasteiger partial charge in [0.05, 0.1) is 0 Å². The first-order valence-electron chi connectivity index (χ1n) is 2.47. The van der Waals surface area contributed by atoms with Crippen LogP contribution in [-0.4, -0.2) is 0 Å². The van der Waals surface area contributed by atoms with E-state index in [9.17, 15) is 0 Å². The van der Waals surface area contributed by atoms with E-state index in [1.54, 1.807) is 3.28 Å². The Kier molecular flexibility index (Phi) is 8.43. The van der Waals surface area contributed by atoms with Crippen LogP contribution in [-0.2, 0) is 23.2 Å². The predicted molar refractivity (Wildman–Crippen MR) is 27.7 cm³/mol. The van der Waals surface area contributed by atoms with Crippen LogP contribution in [0.3, 0.4) is 0 Å². The smallest absolute Gasteiger partial charge is 1.00 e. The monoisotopic (exact) mass is 208 g/mol. The molecule has 0 aromatic heterocycles. The minimum Gasteiger partial charge on any atom is -1.00 e. The van der Waals surface area contributed by atoms with Crippen LogP contribution in [0.15, 0.2) is 21.5 Å². The molecule has 0 aromatic carbocycles. The van der Waals surface area contributed by atoms with E-state index in [1.807, 2.05) is 0 Å². The Bertz CT molecular complexity index is 118. The van der Waals surface area contributed by atoms with Crippen LogP contribution in [0.25, 0.3) is 0 Å². The molecule has 1 rings (SSSR count). The van der Waals surface area contributed by atoms with Gasteiger partial charge in [-0.15, -0.1) is 0 Å². The molecule has 0 N–H and O–H groups in total. The van der Waals surface area contributed by atoms with E-state index in [-0.39, 0.29) is 32.6 Å². The Morgan fingerprint density at radius 3 is 2.33 bits per heavy atom. The molecule has 0 unspecified atom stereocenters. The average Bonchev–Trinajstić information content (AvgIpc) is 2.14. The van der Waals surface area contributed by atoms with Gasteiger partial charge in [0.2, 0.25) is 0 Å². The first kappa shape index (κ1) is 12.0. The van der Waals surface area contributed by atoms with Crippen LogP contribution < -0.4 is 9.41 Å². The molecule has 0 atom stereocenters. The van der Waals surface area contributed by atoms with Gasteiger partial charge in [0.1, 0.15) is 0 Å². The van der Waals surface area contributed by atoms with Crippen molar-refractivity contribution in [3.05, 3.63) is 21.5 Å². The van der Waals surface area contributed by atoms with Crippen LogP contribution in [0.2, 0.25) is 4.63 Å². The minimum atomic E-state index is -0.0408. The molecule has 0 heterocycles. The first-order valence-corrected chi connectivity index (χ1v) is 6.15. The summed E-state index contributed by atoms with van der Waals surface area (Å²) in [6.07, 6.45) is 7.94. The topological polar surface area (TPSA) is 0 Å². The zero-order valence-electron chi connectivity index (χ0n) is 5.20. The van der Waals surface area contributed by atoms with E-state index in [0.717, 1.165) is 0 Å². The van der Waals surface area contributed by atoms with Gasteiger partial charge in [-0.2, -0.15) is 0 Å². The van der Waals surface area contributed by atoms with Crippen LogP contribution in [0, 0.1) is 0 Å². The molecule has 0 saturated heterocycles. The van der Waals surface area contributed by atoms with E-state index in [2.05, 4.69) is 22.9 Å². The zero-order chi connectivity index (χ0) is 5.11. The summed E-state index contributed by atoms with van der Waals surface area (Å²) in [5, 5.41) is 0. The normalized spacial score (nSPS) is 12.8. The largest absolute Gasteiger partial charge is 1.00 e. The number of allylic oxidation sites excluding steroid dienone is 4. The third-order valence-electron chi connectivity index (χ3n) is 1.09. The standard InChI is InChI=1S/C5H5.CH3.2FH.Zr/c1-2-4-5-3-1;;;;/h1-3H,4H2;1H3;2*1H;/q;;;;+2/p-2. The summed E-state index contributed by atoms with van der Waals surface area (Å²) in [6.45, 7) is 0. The van der Waals surface area contributed by atoms with Crippen molar-refractivity contribution in [1.82, 2.24) is 0 Å². The fourth-order valence-corrected chi connectivity index (χ4v) is 2.07. The van der Waals surface area contributed by atoms with E-state index < -0.39 is 0 Å². The van der Waals surface area contributed by atoms with E-state index in [0.29, 0.717) is 0 Å². The van der Waals surface area contributed by atoms with E-state index in [1.165, 1.54) is 6.42 Å². The molecular weight excluding hydrogens is 201 g/mol. The summed E-state index contributed by atoms with van der Waals surface area (Å²) in [4.78, 5) is 0. The van der Waals surface area contributed by atoms with Gasteiger partial charge in [-0.05, 0) is 0 Å². The Labute approximate surface area is 65.3 Å². The van der Waals surface area contributed by atoms with E-state index >= 15 is 0 Å². The van der Waals surface area contributed by atoms with Crippen molar-refractivity contribution in [2.24, 2.45) is 0 Å². The second-order valence-electron chi connectivity index (χ2n) is 1.57. The SMILES string of the molecule is [CH3][Zr+2][C]1=CC=CC1.[F-].[F-]. The molecule has 0 radical (unpaired) electrons. The quantitative estimate of drug-likeness (QED) is 0.413. The molecule has 9 heavy (non-hydrogen) atoms. The third kappa shape index (κ3) is 3.74. The van der Waals surface area contributed by atoms with Crippen molar-refractivity contribution in [3.63, 3.8) is 0 Å². The molecule has 0 aromatic rings. The molecule has 50 valence electrons. The first-order chi connectivity index (χ1) is 3.43. The summed E-state index contributed by atoms with van der Waals surface area (Å²) in [6, 6.07) is 0. The van der Waals surface area contributed by atoms with E-state index in [4.69, 9.17) is 0 Å². The maximum atomic E-state index is 2.36. The third-order valence-corrected chi connectivity index (χ3v) is 3.58. The Hall–Kier alpha value is 0.223. The van der Waals surface area contributed by atoms with Crippen LogP contribution in [0.5, 0.6) is 0 Å². The second kappa shape index (κ2) is 6.34. The van der Waals surface area contributed by atoms with Crippen molar-refractivity contribution in [1.29, 1.82) is 0 Å². The summed E-state index contributed by atoms with van der Waals surface area (Å²) in [5.41, 5.74) is 0. The fraction of sp³-hybridized carbons (Fsp3) is 0.333. The Morgan fingerprint density at radius 2 is 2.11 bits per heavy atom. The van der Waals surface area contributed by atoms with Gasteiger partial charge in [-0.3, -0.25) is 0 Å². The molecule has 0 saturated carbocycles. The Balaban J connectivity index is 0. The summed E-state index contributed by atoms with van der Waals surface area (Å²) in [5.74, 6) is 0. The van der Waals surface area contributed by atoms with Crippen LogP contribution in [0.4, 0.5) is 0 Å². The number of hydrogen-bond acceptors (Lipinski definition) is 0. The zero-order valence-corrected chi connectivity index (χ0v) is 7.65. The minimum absolute atomic E-state index is 0. The molecular formula is C6H8F2Zr. The van der Waals surface area contributed by atoms with Crippen molar-refractivity contribution < 1.29 is 32.6 Å². The Morgan fingerprint density at radius 1 is 1.44 bits per heavy atom. The fourth-order valence-electron chi connectivity index (χ4n) is 0.633. The summed E-state index contributed by atoms with van der Waals surface area (Å²) < 4.78 is 4.09. The number of halogens is 2. The maximum Gasteiger partial charge on any atom is -1.00 e. The van der Waals surface area contributed by atoms with Gasteiger partial charge < -0.3 is 9.41 Å². The van der Waals surface area contributed by atoms with Crippen LogP contribution in [0.1, 0.15) is 6.42 Å². The average molecular weight is 209 g/mol. The van der Waals surface area contributed by atoms with Gasteiger partial charge in [-0.25, -0.2) is 0 Å². The predicted octanol–water partition coefficient (Wildman–Crippen LogP) is -4.03. The number of hydrogen-bond donors (Lipinski definition) is 0. The van der Waals surface area contributed by atoms with Crippen LogP contribution >= 0.6 is 0 Å². The van der Waals surface area contributed by atoms with Gasteiger partial charge in [0.25, 0.3) is 0 Å². The molecule has 0 amide bonds. The molecule has 0 aliphatic heterocycles. The van der Waals surface area contributed by atoms with Crippen molar-refractivity contribution >= 4 is 0 Å². The molecule has 3 heteroatoms. The molecule has 1 aliphatic carbocycles. The van der Waals surface area contributed by atoms with Gasteiger partial charge in [0.15, 0.2) is 0 Å². The van der Waals surface area contributed by atoms with Gasteiger partial charge in [-0.1, -0.05) is 0 Å². The summed E-state index contributed by atoms with van der Waals surface area (Å²) in [7, 11) is 0. The maximum absolute atomic E-state index is 2.36.